The van der Waals surface area contributed by atoms with Crippen LogP contribution in [-0.2, 0) is 0 Å². The van der Waals surface area contributed by atoms with E-state index in [4.69, 9.17) is 0 Å². The molecule has 18 heavy (non-hydrogen) atoms. The Bertz CT molecular complexity index is 525. The van der Waals surface area contributed by atoms with Crippen LogP contribution in [0.5, 0.6) is 5.75 Å². The van der Waals surface area contributed by atoms with E-state index in [0.29, 0.717) is 18.5 Å². The van der Waals surface area contributed by atoms with Gasteiger partial charge in [-0.3, -0.25) is 9.59 Å². The Labute approximate surface area is 107 Å². The molecule has 1 aromatic rings. The van der Waals surface area contributed by atoms with Gasteiger partial charge in [-0.15, -0.1) is 0 Å². The number of nitrogens with zero attached hydrogens (tertiary/aromatic N) is 1. The third-order valence-electron chi connectivity index (χ3n) is 3.50. The zero-order valence-electron chi connectivity index (χ0n) is 10.9. The van der Waals surface area contributed by atoms with E-state index in [1.54, 1.807) is 0 Å². The fraction of sp³-hybridized carbons (Fsp3) is 0.385. The maximum Gasteiger partial charge on any atom is 0.256 e. The molecule has 0 spiro atoms. The van der Waals surface area contributed by atoms with E-state index in [0.717, 1.165) is 6.42 Å². The van der Waals surface area contributed by atoms with Gasteiger partial charge < -0.3 is 9.92 Å². The van der Waals surface area contributed by atoms with E-state index >= 15 is 0 Å². The van der Waals surface area contributed by atoms with Crippen LogP contribution in [0.2, 0.25) is 5.31 Å². The molecule has 1 aliphatic rings. The number of hydrogen-bond acceptors (Lipinski definition) is 3. The highest BCUT2D eigenvalue weighted by Crippen LogP contribution is 2.32. The highest BCUT2D eigenvalue weighted by Gasteiger charge is 2.38. The second kappa shape index (κ2) is 4.16. The monoisotopic (exact) mass is 245 g/mol. The van der Waals surface area contributed by atoms with Gasteiger partial charge in [-0.2, -0.15) is 0 Å². The molecular formula is C13H16BNO3. The lowest BCUT2D eigenvalue weighted by Crippen LogP contribution is -2.38. The lowest BCUT2D eigenvalue weighted by atomic mass is 9.60. The van der Waals surface area contributed by atoms with Crippen LogP contribution in [-0.4, -0.2) is 29.1 Å². The Balaban J connectivity index is 2.34. The second-order valence-electron chi connectivity index (χ2n) is 5.44. The summed E-state index contributed by atoms with van der Waals surface area (Å²) in [4.78, 5) is 25.6. The van der Waals surface area contributed by atoms with Crippen molar-refractivity contribution in [3.05, 3.63) is 29.3 Å². The fourth-order valence-electron chi connectivity index (χ4n) is 1.96. The zero-order valence-corrected chi connectivity index (χ0v) is 10.9. The predicted octanol–water partition coefficient (Wildman–Crippen LogP) is 1.95. The van der Waals surface area contributed by atoms with Crippen LogP contribution >= 0.6 is 0 Å². The molecule has 2 rings (SSSR count). The molecular weight excluding hydrogens is 229 g/mol. The Morgan fingerprint density at radius 1 is 1.22 bits per heavy atom. The number of phenols is 1. The molecule has 0 saturated heterocycles. The van der Waals surface area contributed by atoms with Gasteiger partial charge in [-0.25, -0.2) is 0 Å². The molecule has 0 unspecified atom stereocenters. The van der Waals surface area contributed by atoms with E-state index in [2.05, 4.69) is 0 Å². The first-order valence-corrected chi connectivity index (χ1v) is 6.05. The Kier molecular flexibility index (Phi) is 2.93. The third-order valence-corrected chi connectivity index (χ3v) is 3.50. The number of amides is 2. The number of hydrogen-bond donors (Lipinski definition) is 1. The van der Waals surface area contributed by atoms with Crippen LogP contribution in [0.15, 0.2) is 18.2 Å². The molecule has 5 heteroatoms. The minimum Gasteiger partial charge on any atom is -0.508 e. The van der Waals surface area contributed by atoms with E-state index in [9.17, 15) is 14.7 Å². The molecule has 0 fully saturated rings. The van der Waals surface area contributed by atoms with Crippen LogP contribution < -0.4 is 0 Å². The Hall–Kier alpha value is -1.78. The van der Waals surface area contributed by atoms with Gasteiger partial charge >= 0.3 is 0 Å². The summed E-state index contributed by atoms with van der Waals surface area (Å²) in [5.41, 5.74) is 0.677. The van der Waals surface area contributed by atoms with Crippen molar-refractivity contribution in [1.29, 1.82) is 0 Å². The van der Waals surface area contributed by atoms with Gasteiger partial charge in [0.1, 0.15) is 5.75 Å². The summed E-state index contributed by atoms with van der Waals surface area (Å²) in [5, 5.41) is 9.28. The molecule has 0 radical (unpaired) electrons. The highest BCUT2D eigenvalue weighted by molar-refractivity contribution is 6.50. The average Bonchev–Trinajstić information content (AvgIpc) is 2.54. The van der Waals surface area contributed by atoms with Crippen molar-refractivity contribution in [2.45, 2.75) is 32.5 Å². The van der Waals surface area contributed by atoms with Crippen molar-refractivity contribution in [3.8, 4) is 5.75 Å². The largest absolute Gasteiger partial charge is 0.508 e. The van der Waals surface area contributed by atoms with Crippen molar-refractivity contribution < 1.29 is 14.7 Å². The summed E-state index contributed by atoms with van der Waals surface area (Å²) in [5.74, 6) is -0.574. The standard InChI is InChI=1S/C13H16BNO3/c1-4-13(2,3)14-15-11(17)9-6-5-8(16)7-10(9)12(15)18/h5-7,14,16H,4H2,1-3H3. The van der Waals surface area contributed by atoms with E-state index in [1.807, 2.05) is 20.8 Å². The van der Waals surface area contributed by atoms with Crippen molar-refractivity contribution >= 4 is 19.2 Å². The minimum absolute atomic E-state index is 0.00602. The lowest BCUT2D eigenvalue weighted by Gasteiger charge is -2.25. The molecule has 2 amide bonds. The van der Waals surface area contributed by atoms with Crippen molar-refractivity contribution in [2.24, 2.45) is 0 Å². The second-order valence-corrected chi connectivity index (χ2v) is 5.44. The van der Waals surface area contributed by atoms with Crippen LogP contribution in [0.25, 0.3) is 0 Å². The molecule has 0 aromatic heterocycles. The molecule has 0 aliphatic carbocycles. The average molecular weight is 245 g/mol. The number of benzene rings is 1. The van der Waals surface area contributed by atoms with Gasteiger partial charge in [0.15, 0.2) is 0 Å². The number of aromatic hydroxyl groups is 1. The molecule has 1 heterocycles. The summed E-state index contributed by atoms with van der Waals surface area (Å²) >= 11 is 0. The van der Waals surface area contributed by atoms with E-state index in [1.165, 1.54) is 23.0 Å². The van der Waals surface area contributed by atoms with Crippen molar-refractivity contribution in [3.63, 3.8) is 0 Å². The number of imide groups is 1. The summed E-state index contributed by atoms with van der Waals surface area (Å²) in [6.07, 6.45) is 0.881. The maximum absolute atomic E-state index is 12.1. The molecule has 1 aliphatic heterocycles. The molecule has 0 bridgehead atoms. The van der Waals surface area contributed by atoms with Gasteiger partial charge in [-0.05, 0) is 23.5 Å². The highest BCUT2D eigenvalue weighted by atomic mass is 16.3. The molecule has 1 N–H and O–H groups in total. The van der Waals surface area contributed by atoms with Crippen LogP contribution in [0.1, 0.15) is 47.9 Å². The molecule has 1 aromatic carbocycles. The molecule has 0 saturated carbocycles. The smallest absolute Gasteiger partial charge is 0.256 e. The Morgan fingerprint density at radius 2 is 1.83 bits per heavy atom. The van der Waals surface area contributed by atoms with Gasteiger partial charge in [0, 0.05) is 0 Å². The van der Waals surface area contributed by atoms with Crippen molar-refractivity contribution in [1.82, 2.24) is 4.81 Å². The van der Waals surface area contributed by atoms with E-state index in [-0.39, 0.29) is 22.9 Å². The predicted molar refractivity (Wildman–Crippen MR) is 70.1 cm³/mol. The topological polar surface area (TPSA) is 57.6 Å². The first kappa shape index (κ1) is 12.7. The summed E-state index contributed by atoms with van der Waals surface area (Å²) in [6.45, 7) is 6.08. The van der Waals surface area contributed by atoms with Crippen LogP contribution in [0.3, 0.4) is 0 Å². The van der Waals surface area contributed by atoms with Crippen LogP contribution in [0.4, 0.5) is 0 Å². The number of fused-ring (bicyclic) bond motifs is 1. The van der Waals surface area contributed by atoms with Gasteiger partial charge in [0.25, 0.3) is 7.41 Å². The van der Waals surface area contributed by atoms with Crippen molar-refractivity contribution in [2.75, 3.05) is 0 Å². The summed E-state index contributed by atoms with van der Waals surface area (Å²) in [7, 11) is 0.399. The van der Waals surface area contributed by atoms with Crippen LogP contribution in [0, 0.1) is 0 Å². The molecule has 0 atom stereocenters. The number of carbonyl (C=O) groups excluding carboxylic acids is 2. The third kappa shape index (κ3) is 2.01. The first-order chi connectivity index (χ1) is 8.35. The summed E-state index contributed by atoms with van der Waals surface area (Å²) < 4.78 is 0. The van der Waals surface area contributed by atoms with Gasteiger partial charge in [0.2, 0.25) is 11.8 Å². The van der Waals surface area contributed by atoms with Gasteiger partial charge in [0.05, 0.1) is 11.1 Å². The number of carbonyl (C=O) groups is 2. The molecule has 94 valence electrons. The first-order valence-electron chi connectivity index (χ1n) is 6.05. The summed E-state index contributed by atoms with van der Waals surface area (Å²) in [6, 6.07) is 4.29. The number of phenolic OH excluding ortho intramolecular Hbond substituents is 1. The zero-order chi connectivity index (χ0) is 13.5. The minimum atomic E-state index is -0.313. The maximum atomic E-state index is 12.1. The van der Waals surface area contributed by atoms with Gasteiger partial charge in [-0.1, -0.05) is 27.2 Å². The quantitative estimate of drug-likeness (QED) is 0.654. The Morgan fingerprint density at radius 3 is 2.44 bits per heavy atom. The normalized spacial score (nSPS) is 14.9. The lowest BCUT2D eigenvalue weighted by molar-refractivity contribution is 0.0757. The fourth-order valence-corrected chi connectivity index (χ4v) is 1.96. The SMILES string of the molecule is CCC(C)(C)BN1C(=O)c2ccc(O)cc2C1=O. The molecule has 4 nitrogen and oxygen atoms in total. The number of rotatable bonds is 3. The van der Waals surface area contributed by atoms with E-state index < -0.39 is 0 Å².